The van der Waals surface area contributed by atoms with Gasteiger partial charge in [0.15, 0.2) is 0 Å². The third-order valence-corrected chi connectivity index (χ3v) is 5.54. The van der Waals surface area contributed by atoms with Crippen LogP contribution >= 0.6 is 0 Å². The average Bonchev–Trinajstić information content (AvgIpc) is 2.87. The van der Waals surface area contributed by atoms with Crippen molar-refractivity contribution in [3.05, 3.63) is 77.4 Å². The maximum Gasteiger partial charge on any atom is 0.490 e. The zero-order valence-electron chi connectivity index (χ0n) is 21.4. The second-order valence-corrected chi connectivity index (χ2v) is 8.63. The fourth-order valence-electron chi connectivity index (χ4n) is 3.51. The molecule has 208 valence electrons. The van der Waals surface area contributed by atoms with E-state index in [9.17, 15) is 27.6 Å². The minimum atomic E-state index is -5.08. The average molecular weight is 547 g/mol. The Kier molecular flexibility index (Phi) is 10.6. The SMILES string of the molecule is CC(=O)NC[C@H](N)C(=O)Nc1ccc(C)c(C(=O)N[C@H](C)c2cccc3ccccc23)c1.O=C(O)C(F)(F)F. The van der Waals surface area contributed by atoms with Gasteiger partial charge in [-0.3, -0.25) is 14.4 Å². The monoisotopic (exact) mass is 546 g/mol. The normalized spacial score (nSPS) is 12.4. The van der Waals surface area contributed by atoms with Crippen molar-refractivity contribution in [2.24, 2.45) is 5.73 Å². The summed E-state index contributed by atoms with van der Waals surface area (Å²) in [5.41, 5.74) is 8.55. The summed E-state index contributed by atoms with van der Waals surface area (Å²) < 4.78 is 31.7. The van der Waals surface area contributed by atoms with Gasteiger partial charge in [-0.25, -0.2) is 4.79 Å². The van der Waals surface area contributed by atoms with Crippen LogP contribution in [0.4, 0.5) is 18.9 Å². The van der Waals surface area contributed by atoms with E-state index < -0.39 is 24.1 Å². The predicted octanol–water partition coefficient (Wildman–Crippen LogP) is 3.67. The highest BCUT2D eigenvalue weighted by Gasteiger charge is 2.38. The van der Waals surface area contributed by atoms with E-state index in [1.165, 1.54) is 6.92 Å². The maximum atomic E-state index is 13.0. The molecule has 9 nitrogen and oxygen atoms in total. The number of carbonyl (C=O) groups excluding carboxylic acids is 3. The minimum absolute atomic E-state index is 0.0307. The summed E-state index contributed by atoms with van der Waals surface area (Å²) in [7, 11) is 0. The van der Waals surface area contributed by atoms with E-state index in [0.717, 1.165) is 21.9 Å². The van der Waals surface area contributed by atoms with E-state index in [1.54, 1.807) is 18.2 Å². The number of hydrogen-bond acceptors (Lipinski definition) is 5. The molecular formula is C27H29F3N4O5. The molecule has 0 aliphatic rings. The van der Waals surface area contributed by atoms with E-state index in [2.05, 4.69) is 16.0 Å². The number of fused-ring (bicyclic) bond motifs is 1. The molecule has 6 N–H and O–H groups in total. The molecule has 3 aromatic rings. The molecule has 0 spiro atoms. The Hall–Kier alpha value is -4.45. The highest BCUT2D eigenvalue weighted by atomic mass is 19.4. The van der Waals surface area contributed by atoms with Gasteiger partial charge in [0.2, 0.25) is 11.8 Å². The van der Waals surface area contributed by atoms with Crippen LogP contribution in [0.5, 0.6) is 0 Å². The molecule has 0 bridgehead atoms. The van der Waals surface area contributed by atoms with Crippen LogP contribution in [0.15, 0.2) is 60.7 Å². The van der Waals surface area contributed by atoms with Gasteiger partial charge < -0.3 is 26.8 Å². The maximum absolute atomic E-state index is 13.0. The van der Waals surface area contributed by atoms with Crippen molar-refractivity contribution >= 4 is 40.2 Å². The molecule has 0 fully saturated rings. The van der Waals surface area contributed by atoms with Crippen molar-refractivity contribution in [3.8, 4) is 0 Å². The molecule has 0 saturated heterocycles. The summed E-state index contributed by atoms with van der Waals surface area (Å²) in [6.07, 6.45) is -5.08. The van der Waals surface area contributed by atoms with Crippen molar-refractivity contribution in [2.45, 2.75) is 39.0 Å². The van der Waals surface area contributed by atoms with Crippen molar-refractivity contribution in [2.75, 3.05) is 11.9 Å². The largest absolute Gasteiger partial charge is 0.490 e. The fraction of sp³-hybridized carbons (Fsp3) is 0.259. The number of nitrogens with one attached hydrogen (secondary N) is 3. The van der Waals surface area contributed by atoms with Gasteiger partial charge >= 0.3 is 12.1 Å². The number of hydrogen-bond donors (Lipinski definition) is 5. The number of nitrogens with two attached hydrogens (primary N) is 1. The van der Waals surface area contributed by atoms with Gasteiger partial charge in [-0.15, -0.1) is 0 Å². The molecule has 2 atom stereocenters. The summed E-state index contributed by atoms with van der Waals surface area (Å²) in [4.78, 5) is 45.2. The van der Waals surface area contributed by atoms with Gasteiger partial charge in [0.25, 0.3) is 5.91 Å². The third-order valence-electron chi connectivity index (χ3n) is 5.54. The van der Waals surface area contributed by atoms with Crippen molar-refractivity contribution in [1.29, 1.82) is 0 Å². The van der Waals surface area contributed by atoms with Crippen molar-refractivity contribution in [3.63, 3.8) is 0 Å². The number of aryl methyl sites for hydroxylation is 1. The van der Waals surface area contributed by atoms with Crippen LogP contribution in [-0.2, 0) is 14.4 Å². The number of carboxylic acid groups (broad SMARTS) is 1. The zero-order valence-corrected chi connectivity index (χ0v) is 21.4. The Morgan fingerprint density at radius 3 is 2.23 bits per heavy atom. The molecule has 12 heteroatoms. The molecule has 0 saturated carbocycles. The van der Waals surface area contributed by atoms with Crippen molar-refractivity contribution in [1.82, 2.24) is 10.6 Å². The molecule has 0 unspecified atom stereocenters. The van der Waals surface area contributed by atoms with Gasteiger partial charge in [-0.2, -0.15) is 13.2 Å². The standard InChI is InChI=1S/C25H28N4O3.C2HF3O2/c1-15-11-12-19(29-25(32)23(26)14-27-17(3)30)13-22(15)24(31)28-16(2)20-10-6-8-18-7-4-5-9-21(18)20;3-2(4,5)1(6)7/h4-13,16,23H,14,26H2,1-3H3,(H,27,30)(H,28,31)(H,29,32);(H,6,7)/t16-,23+;/m1./s1. The van der Waals surface area contributed by atoms with Crippen LogP contribution in [0, 0.1) is 6.92 Å². The van der Waals surface area contributed by atoms with Crippen LogP contribution < -0.4 is 21.7 Å². The van der Waals surface area contributed by atoms with E-state index in [1.807, 2.05) is 56.3 Å². The van der Waals surface area contributed by atoms with Crippen LogP contribution in [0.1, 0.15) is 41.4 Å². The smallest absolute Gasteiger partial charge is 0.475 e. The molecule has 0 heterocycles. The molecule has 0 aliphatic heterocycles. The lowest BCUT2D eigenvalue weighted by Crippen LogP contribution is -2.44. The topological polar surface area (TPSA) is 151 Å². The number of alkyl halides is 3. The quantitative estimate of drug-likeness (QED) is 0.305. The summed E-state index contributed by atoms with van der Waals surface area (Å²) >= 11 is 0. The lowest BCUT2D eigenvalue weighted by atomic mass is 9.99. The first-order chi connectivity index (χ1) is 18.2. The second kappa shape index (κ2) is 13.4. The Labute approximate surface area is 222 Å². The number of aliphatic carboxylic acids is 1. The van der Waals surface area contributed by atoms with Crippen molar-refractivity contribution < 1.29 is 37.5 Å². The highest BCUT2D eigenvalue weighted by Crippen LogP contribution is 2.25. The van der Waals surface area contributed by atoms with E-state index in [-0.39, 0.29) is 24.4 Å². The first kappa shape index (κ1) is 30.8. The number of benzene rings is 3. The van der Waals surface area contributed by atoms with Gasteiger partial charge in [-0.1, -0.05) is 48.5 Å². The number of anilines is 1. The van der Waals surface area contributed by atoms with Crippen LogP contribution in [0.2, 0.25) is 0 Å². The van der Waals surface area contributed by atoms with E-state index >= 15 is 0 Å². The van der Waals surface area contributed by atoms with Crippen LogP contribution in [0.25, 0.3) is 10.8 Å². The summed E-state index contributed by atoms with van der Waals surface area (Å²) in [6, 6.07) is 18.1. The number of rotatable bonds is 7. The Bertz CT molecular complexity index is 1360. The Morgan fingerprint density at radius 1 is 1.00 bits per heavy atom. The first-order valence-corrected chi connectivity index (χ1v) is 11.7. The third kappa shape index (κ3) is 9.11. The van der Waals surface area contributed by atoms with Gasteiger partial charge in [-0.05, 0) is 47.9 Å². The van der Waals surface area contributed by atoms with Gasteiger partial charge in [0, 0.05) is 24.7 Å². The van der Waals surface area contributed by atoms with Gasteiger partial charge in [0.1, 0.15) is 6.04 Å². The number of halogens is 3. The summed E-state index contributed by atoms with van der Waals surface area (Å²) in [5, 5.41) is 17.6. The lowest BCUT2D eigenvalue weighted by Gasteiger charge is -2.18. The van der Waals surface area contributed by atoms with Crippen LogP contribution in [-0.4, -0.2) is 47.6 Å². The highest BCUT2D eigenvalue weighted by molar-refractivity contribution is 6.00. The Balaban J connectivity index is 0.000000673. The minimum Gasteiger partial charge on any atom is -0.475 e. The number of carboxylic acids is 1. The second-order valence-electron chi connectivity index (χ2n) is 8.63. The first-order valence-electron chi connectivity index (χ1n) is 11.7. The molecule has 0 radical (unpaired) electrons. The fourth-order valence-corrected chi connectivity index (χ4v) is 3.51. The molecule has 3 amide bonds. The summed E-state index contributed by atoms with van der Waals surface area (Å²) in [5.74, 6) is -3.70. The predicted molar refractivity (Wildman–Crippen MR) is 140 cm³/mol. The summed E-state index contributed by atoms with van der Waals surface area (Å²) in [6.45, 7) is 5.17. The Morgan fingerprint density at radius 2 is 1.62 bits per heavy atom. The molecule has 0 aromatic heterocycles. The lowest BCUT2D eigenvalue weighted by molar-refractivity contribution is -0.192. The molecule has 0 aliphatic carbocycles. The number of amides is 3. The molecule has 3 rings (SSSR count). The van der Waals surface area contributed by atoms with E-state index in [0.29, 0.717) is 11.3 Å². The number of carbonyl (C=O) groups is 4. The van der Waals surface area contributed by atoms with Crippen LogP contribution in [0.3, 0.4) is 0 Å². The molecular weight excluding hydrogens is 517 g/mol. The zero-order chi connectivity index (χ0) is 29.3. The molecule has 3 aromatic carbocycles. The van der Waals surface area contributed by atoms with Gasteiger partial charge in [0.05, 0.1) is 6.04 Å². The van der Waals surface area contributed by atoms with E-state index in [4.69, 9.17) is 15.6 Å². The molecule has 39 heavy (non-hydrogen) atoms.